The Labute approximate surface area is 156 Å². The third kappa shape index (κ3) is 4.19. The van der Waals surface area contributed by atoms with Gasteiger partial charge in [-0.2, -0.15) is 5.26 Å². The van der Waals surface area contributed by atoms with Gasteiger partial charge in [-0.25, -0.2) is 4.98 Å². The Balaban J connectivity index is 1.69. The Morgan fingerprint density at radius 2 is 1.96 bits per heavy atom. The summed E-state index contributed by atoms with van der Waals surface area (Å²) in [4.78, 5) is 33.7. The monoisotopic (exact) mass is 361 g/mol. The maximum Gasteiger partial charge on any atom is 0.258 e. The van der Waals surface area contributed by atoms with Crippen LogP contribution in [0.4, 0.5) is 5.69 Å². The first-order valence-electron chi connectivity index (χ1n) is 8.47. The molecule has 2 N–H and O–H groups in total. The molecule has 0 fully saturated rings. The standard InChI is InChI=1S/C20H19N5O2/c1-13(19(26)22-15-9-7-14(11-21)8-10-15)25(2)12-18-23-17-6-4-3-5-16(17)20(27)24-18/h3-10,13H,12H2,1-2H3,(H,22,26)(H,23,24,27)/t13-/m1/s1. The number of para-hydroxylation sites is 1. The number of carbonyl (C=O) groups is 1. The third-order valence-electron chi connectivity index (χ3n) is 4.38. The third-order valence-corrected chi connectivity index (χ3v) is 4.38. The highest BCUT2D eigenvalue weighted by molar-refractivity contribution is 5.94. The van der Waals surface area contributed by atoms with Crippen LogP contribution in [0, 0.1) is 11.3 Å². The summed E-state index contributed by atoms with van der Waals surface area (Å²) >= 11 is 0. The first-order chi connectivity index (χ1) is 13.0. The molecule has 3 rings (SSSR count). The normalized spacial score (nSPS) is 11.9. The van der Waals surface area contributed by atoms with Crippen molar-refractivity contribution < 1.29 is 4.79 Å². The quantitative estimate of drug-likeness (QED) is 0.726. The molecule has 7 nitrogen and oxygen atoms in total. The van der Waals surface area contributed by atoms with Gasteiger partial charge in [0.25, 0.3) is 5.56 Å². The molecule has 0 aliphatic rings. The molecule has 0 aliphatic carbocycles. The van der Waals surface area contributed by atoms with Gasteiger partial charge in [0.05, 0.1) is 35.1 Å². The van der Waals surface area contributed by atoms with Gasteiger partial charge in [0.15, 0.2) is 0 Å². The van der Waals surface area contributed by atoms with Crippen molar-refractivity contribution >= 4 is 22.5 Å². The number of fused-ring (bicyclic) bond motifs is 1. The molecular formula is C20H19N5O2. The predicted octanol–water partition coefficient (Wildman–Crippen LogP) is 2.25. The number of nitrogens with one attached hydrogen (secondary N) is 2. The summed E-state index contributed by atoms with van der Waals surface area (Å²) in [5.74, 6) is 0.310. The van der Waals surface area contributed by atoms with E-state index in [9.17, 15) is 9.59 Å². The van der Waals surface area contributed by atoms with Crippen molar-refractivity contribution in [1.82, 2.24) is 14.9 Å². The van der Waals surface area contributed by atoms with E-state index in [4.69, 9.17) is 5.26 Å². The van der Waals surface area contributed by atoms with E-state index in [0.29, 0.717) is 34.5 Å². The fourth-order valence-corrected chi connectivity index (χ4v) is 2.66. The number of likely N-dealkylation sites (N-methyl/N-ethyl adjacent to an activating group) is 1. The summed E-state index contributed by atoms with van der Waals surface area (Å²) in [7, 11) is 1.79. The van der Waals surface area contributed by atoms with E-state index < -0.39 is 6.04 Å². The highest BCUT2D eigenvalue weighted by Gasteiger charge is 2.19. The number of benzene rings is 2. The second-order valence-electron chi connectivity index (χ2n) is 6.30. The smallest absolute Gasteiger partial charge is 0.258 e. The zero-order valence-electron chi connectivity index (χ0n) is 15.1. The summed E-state index contributed by atoms with van der Waals surface area (Å²) in [6, 6.07) is 15.4. The fourth-order valence-electron chi connectivity index (χ4n) is 2.66. The average molecular weight is 361 g/mol. The van der Waals surface area contributed by atoms with Crippen LogP contribution in [0.3, 0.4) is 0 Å². The van der Waals surface area contributed by atoms with Crippen LogP contribution < -0.4 is 10.9 Å². The van der Waals surface area contributed by atoms with E-state index in [2.05, 4.69) is 15.3 Å². The van der Waals surface area contributed by atoms with Gasteiger partial charge in [-0.3, -0.25) is 14.5 Å². The molecule has 27 heavy (non-hydrogen) atoms. The number of amides is 1. The van der Waals surface area contributed by atoms with Gasteiger partial charge in [0.1, 0.15) is 5.82 Å². The number of aromatic nitrogens is 2. The van der Waals surface area contributed by atoms with Crippen LogP contribution in [0.2, 0.25) is 0 Å². The summed E-state index contributed by atoms with van der Waals surface area (Å²) < 4.78 is 0. The van der Waals surface area contributed by atoms with Crippen LogP contribution in [-0.2, 0) is 11.3 Å². The SMILES string of the molecule is C[C@H](C(=O)Nc1ccc(C#N)cc1)N(C)Cc1nc2ccccc2c(=O)[nH]1. The Morgan fingerprint density at radius 1 is 1.26 bits per heavy atom. The second-order valence-corrected chi connectivity index (χ2v) is 6.30. The average Bonchev–Trinajstić information content (AvgIpc) is 2.68. The molecule has 0 saturated carbocycles. The fraction of sp³-hybridized carbons (Fsp3) is 0.200. The largest absolute Gasteiger partial charge is 0.325 e. The van der Waals surface area contributed by atoms with Crippen molar-refractivity contribution in [3.63, 3.8) is 0 Å². The Kier molecular flexibility index (Phi) is 5.29. The van der Waals surface area contributed by atoms with E-state index in [1.54, 1.807) is 61.3 Å². The minimum absolute atomic E-state index is 0.189. The summed E-state index contributed by atoms with van der Waals surface area (Å²) in [5.41, 5.74) is 1.58. The minimum atomic E-state index is -0.447. The Bertz CT molecular complexity index is 1070. The van der Waals surface area contributed by atoms with E-state index in [-0.39, 0.29) is 11.5 Å². The molecule has 2 aromatic carbocycles. The molecule has 0 spiro atoms. The van der Waals surface area contributed by atoms with Crippen molar-refractivity contribution in [1.29, 1.82) is 5.26 Å². The molecule has 1 amide bonds. The van der Waals surface area contributed by atoms with Gasteiger partial charge < -0.3 is 10.3 Å². The molecule has 3 aromatic rings. The molecule has 7 heteroatoms. The summed E-state index contributed by atoms with van der Waals surface area (Å²) in [6.07, 6.45) is 0. The molecule has 1 atom stereocenters. The zero-order valence-corrected chi connectivity index (χ0v) is 15.1. The van der Waals surface area contributed by atoms with Gasteiger partial charge in [-0.1, -0.05) is 12.1 Å². The van der Waals surface area contributed by atoms with Crippen molar-refractivity contribution in [2.45, 2.75) is 19.5 Å². The topological polar surface area (TPSA) is 102 Å². The minimum Gasteiger partial charge on any atom is -0.325 e. The Morgan fingerprint density at radius 3 is 2.67 bits per heavy atom. The predicted molar refractivity (Wildman–Crippen MR) is 103 cm³/mol. The van der Waals surface area contributed by atoms with Gasteiger partial charge in [0, 0.05) is 5.69 Å². The molecule has 0 saturated heterocycles. The van der Waals surface area contributed by atoms with E-state index in [1.807, 2.05) is 12.1 Å². The molecule has 136 valence electrons. The maximum atomic E-state index is 12.5. The molecule has 0 bridgehead atoms. The van der Waals surface area contributed by atoms with Crippen molar-refractivity contribution in [2.75, 3.05) is 12.4 Å². The lowest BCUT2D eigenvalue weighted by molar-refractivity contribution is -0.120. The number of carbonyl (C=O) groups excluding carboxylic acids is 1. The molecule has 0 unspecified atom stereocenters. The lowest BCUT2D eigenvalue weighted by Crippen LogP contribution is -2.39. The Hall–Kier alpha value is -3.50. The zero-order chi connectivity index (χ0) is 19.4. The number of anilines is 1. The van der Waals surface area contributed by atoms with Crippen LogP contribution in [0.25, 0.3) is 10.9 Å². The van der Waals surface area contributed by atoms with Crippen molar-refractivity contribution in [2.24, 2.45) is 0 Å². The molecule has 0 aliphatic heterocycles. The van der Waals surface area contributed by atoms with Crippen molar-refractivity contribution in [3.8, 4) is 6.07 Å². The van der Waals surface area contributed by atoms with Gasteiger partial charge in [-0.05, 0) is 50.4 Å². The number of hydrogen-bond donors (Lipinski definition) is 2. The van der Waals surface area contributed by atoms with Gasteiger partial charge in [0.2, 0.25) is 5.91 Å². The van der Waals surface area contributed by atoms with Crippen LogP contribution in [0.5, 0.6) is 0 Å². The van der Waals surface area contributed by atoms with E-state index in [0.717, 1.165) is 0 Å². The number of H-pyrrole nitrogens is 1. The van der Waals surface area contributed by atoms with Crippen LogP contribution in [0.1, 0.15) is 18.3 Å². The van der Waals surface area contributed by atoms with Gasteiger partial charge in [-0.15, -0.1) is 0 Å². The van der Waals surface area contributed by atoms with Crippen LogP contribution >= 0.6 is 0 Å². The van der Waals surface area contributed by atoms with Gasteiger partial charge >= 0.3 is 0 Å². The highest BCUT2D eigenvalue weighted by atomic mass is 16.2. The summed E-state index contributed by atoms with van der Waals surface area (Å²) in [5, 5.41) is 12.2. The first kappa shape index (κ1) is 18.3. The number of hydrogen-bond acceptors (Lipinski definition) is 5. The molecule has 1 aromatic heterocycles. The van der Waals surface area contributed by atoms with E-state index >= 15 is 0 Å². The first-order valence-corrected chi connectivity index (χ1v) is 8.47. The number of rotatable bonds is 5. The number of aromatic amines is 1. The number of nitrogens with zero attached hydrogens (tertiary/aromatic N) is 3. The molecule has 0 radical (unpaired) electrons. The van der Waals surface area contributed by atoms with Crippen LogP contribution in [-0.4, -0.2) is 33.9 Å². The molecular weight excluding hydrogens is 342 g/mol. The maximum absolute atomic E-state index is 12.5. The van der Waals surface area contributed by atoms with Crippen LogP contribution in [0.15, 0.2) is 53.3 Å². The lowest BCUT2D eigenvalue weighted by atomic mass is 10.2. The highest BCUT2D eigenvalue weighted by Crippen LogP contribution is 2.12. The van der Waals surface area contributed by atoms with E-state index in [1.165, 1.54) is 0 Å². The second kappa shape index (κ2) is 7.81. The lowest BCUT2D eigenvalue weighted by Gasteiger charge is -2.23. The van der Waals surface area contributed by atoms with Crippen molar-refractivity contribution in [3.05, 3.63) is 70.3 Å². The summed E-state index contributed by atoms with van der Waals surface area (Å²) in [6.45, 7) is 2.10. The number of nitriles is 1. The molecule has 1 heterocycles.